The van der Waals surface area contributed by atoms with Crippen molar-refractivity contribution in [1.29, 1.82) is 0 Å². The van der Waals surface area contributed by atoms with E-state index in [1.807, 2.05) is 36.6 Å². The van der Waals surface area contributed by atoms with Gasteiger partial charge >= 0.3 is 5.97 Å². The number of hydrogen-bond acceptors (Lipinski definition) is 6. The van der Waals surface area contributed by atoms with Crippen LogP contribution in [-0.2, 0) is 24.3 Å². The average molecular weight is 417 g/mol. The Morgan fingerprint density at radius 1 is 1.17 bits per heavy atom. The summed E-state index contributed by atoms with van der Waals surface area (Å²) in [6, 6.07) is 13.1. The van der Waals surface area contributed by atoms with E-state index in [1.54, 1.807) is 22.8 Å². The lowest BCUT2D eigenvalue weighted by Gasteiger charge is -2.07. The third kappa shape index (κ3) is 3.41. The van der Waals surface area contributed by atoms with Crippen LogP contribution in [-0.4, -0.2) is 20.5 Å². The molecule has 1 aliphatic rings. The van der Waals surface area contributed by atoms with Crippen LogP contribution in [0.5, 0.6) is 0 Å². The maximum atomic E-state index is 12.5. The zero-order valence-corrected chi connectivity index (χ0v) is 17.2. The second-order valence-corrected chi connectivity index (χ2v) is 8.26. The second kappa shape index (κ2) is 7.50. The van der Waals surface area contributed by atoms with Crippen molar-refractivity contribution in [3.8, 4) is 10.6 Å². The first kappa shape index (κ1) is 18.7. The molecule has 2 aromatic carbocycles. The Hall–Kier alpha value is -3.32. The van der Waals surface area contributed by atoms with Crippen LogP contribution in [0.3, 0.4) is 0 Å². The maximum Gasteiger partial charge on any atom is 0.338 e. The molecule has 0 saturated heterocycles. The Balaban J connectivity index is 1.32. The van der Waals surface area contributed by atoms with Gasteiger partial charge in [-0.1, -0.05) is 29.8 Å². The van der Waals surface area contributed by atoms with Crippen molar-refractivity contribution < 1.29 is 9.53 Å². The fraction of sp³-hybridized carbons (Fsp3) is 0.217. The van der Waals surface area contributed by atoms with Crippen LogP contribution >= 0.6 is 11.3 Å². The number of aryl methyl sites for hydroxylation is 2. The summed E-state index contributed by atoms with van der Waals surface area (Å²) in [5.74, 6) is 0.327. The molecule has 0 unspecified atom stereocenters. The summed E-state index contributed by atoms with van der Waals surface area (Å²) in [4.78, 5) is 34.2. The monoisotopic (exact) mass is 417 g/mol. The molecule has 0 bridgehead atoms. The minimum Gasteiger partial charge on any atom is -0.456 e. The lowest BCUT2D eigenvalue weighted by molar-refractivity contribution is 0.0468. The van der Waals surface area contributed by atoms with Crippen LogP contribution in [0.15, 0.2) is 52.6 Å². The van der Waals surface area contributed by atoms with Gasteiger partial charge in [-0.05, 0) is 31.5 Å². The normalized spacial score (nSPS) is 12.8. The lowest BCUT2D eigenvalue weighted by Crippen LogP contribution is -2.21. The topological polar surface area (TPSA) is 74.1 Å². The molecule has 0 fully saturated rings. The van der Waals surface area contributed by atoms with Gasteiger partial charge in [0.1, 0.15) is 17.4 Å². The van der Waals surface area contributed by atoms with Gasteiger partial charge < -0.3 is 4.74 Å². The number of esters is 1. The van der Waals surface area contributed by atoms with E-state index in [0.717, 1.165) is 29.2 Å². The molecule has 3 heterocycles. The van der Waals surface area contributed by atoms with Crippen molar-refractivity contribution in [2.45, 2.75) is 32.9 Å². The van der Waals surface area contributed by atoms with Gasteiger partial charge in [-0.2, -0.15) is 0 Å². The van der Waals surface area contributed by atoms with Gasteiger partial charge in [-0.15, -0.1) is 11.3 Å². The van der Waals surface area contributed by atoms with Gasteiger partial charge in [-0.25, -0.2) is 14.8 Å². The summed E-state index contributed by atoms with van der Waals surface area (Å²) in [5, 5.41) is 3.32. The van der Waals surface area contributed by atoms with E-state index in [2.05, 4.69) is 9.97 Å². The predicted octanol–water partition coefficient (Wildman–Crippen LogP) is 4.13. The van der Waals surface area contributed by atoms with Gasteiger partial charge in [0.25, 0.3) is 5.56 Å². The van der Waals surface area contributed by atoms with Crippen LogP contribution in [0.4, 0.5) is 0 Å². The molecule has 6 nitrogen and oxygen atoms in total. The summed E-state index contributed by atoms with van der Waals surface area (Å²) >= 11 is 1.52. The van der Waals surface area contributed by atoms with Gasteiger partial charge in [0.05, 0.1) is 22.2 Å². The number of rotatable bonds is 4. The molecule has 1 aliphatic heterocycles. The minimum absolute atomic E-state index is 0.0430. The summed E-state index contributed by atoms with van der Waals surface area (Å²) in [6.07, 6.45) is 1.71. The van der Waals surface area contributed by atoms with Gasteiger partial charge in [0.15, 0.2) is 0 Å². The van der Waals surface area contributed by atoms with Gasteiger partial charge in [-0.3, -0.25) is 9.36 Å². The second-order valence-electron chi connectivity index (χ2n) is 7.41. The number of fused-ring (bicyclic) bond motifs is 2. The predicted molar refractivity (Wildman–Crippen MR) is 116 cm³/mol. The van der Waals surface area contributed by atoms with Crippen LogP contribution in [0, 0.1) is 6.92 Å². The first-order valence-corrected chi connectivity index (χ1v) is 10.7. The molecule has 0 radical (unpaired) electrons. The standard InChI is InChI=1S/C23H19N3O3S/c1-14-4-6-15(7-5-14)21-24-17(13-30-21)12-29-23(28)16-8-9-18-19(11-16)25-20-3-2-10-26(20)22(18)27/h4-9,11,13H,2-3,10,12H2,1H3. The van der Waals surface area contributed by atoms with Crippen molar-refractivity contribution in [1.82, 2.24) is 14.5 Å². The Kier molecular flexibility index (Phi) is 4.67. The summed E-state index contributed by atoms with van der Waals surface area (Å²) in [7, 11) is 0. The molecule has 0 aliphatic carbocycles. The van der Waals surface area contributed by atoms with E-state index >= 15 is 0 Å². The van der Waals surface area contributed by atoms with E-state index in [9.17, 15) is 9.59 Å². The minimum atomic E-state index is -0.454. The molecule has 2 aromatic heterocycles. The van der Waals surface area contributed by atoms with E-state index in [-0.39, 0.29) is 12.2 Å². The highest BCUT2D eigenvalue weighted by molar-refractivity contribution is 7.13. The van der Waals surface area contributed by atoms with E-state index < -0.39 is 5.97 Å². The van der Waals surface area contributed by atoms with Crippen molar-refractivity contribution >= 4 is 28.2 Å². The first-order chi connectivity index (χ1) is 14.6. The summed E-state index contributed by atoms with van der Waals surface area (Å²) in [6.45, 7) is 2.85. The number of carbonyl (C=O) groups is 1. The Morgan fingerprint density at radius 3 is 2.83 bits per heavy atom. The van der Waals surface area contributed by atoms with Crippen molar-refractivity contribution in [2.24, 2.45) is 0 Å². The zero-order chi connectivity index (χ0) is 20.7. The van der Waals surface area contributed by atoms with Crippen LogP contribution in [0.1, 0.15) is 33.9 Å². The fourth-order valence-electron chi connectivity index (χ4n) is 3.64. The third-order valence-electron chi connectivity index (χ3n) is 5.25. The number of aromatic nitrogens is 3. The van der Waals surface area contributed by atoms with Crippen LogP contribution in [0.2, 0.25) is 0 Å². The number of carbonyl (C=O) groups excluding carboxylic acids is 1. The molecule has 0 N–H and O–H groups in total. The Morgan fingerprint density at radius 2 is 2.00 bits per heavy atom. The van der Waals surface area contributed by atoms with Crippen molar-refractivity contribution in [3.63, 3.8) is 0 Å². The number of thiazole rings is 1. The fourth-order valence-corrected chi connectivity index (χ4v) is 4.45. The first-order valence-electron chi connectivity index (χ1n) is 9.80. The van der Waals surface area contributed by atoms with E-state index in [4.69, 9.17) is 4.74 Å². The number of hydrogen-bond donors (Lipinski definition) is 0. The number of benzene rings is 2. The molecule has 0 atom stereocenters. The largest absolute Gasteiger partial charge is 0.456 e. The van der Waals surface area contributed by atoms with Crippen molar-refractivity contribution in [3.05, 3.63) is 80.8 Å². The summed E-state index contributed by atoms with van der Waals surface area (Å²) in [5.41, 5.74) is 3.83. The van der Waals surface area contributed by atoms with Crippen LogP contribution < -0.4 is 5.56 Å². The van der Waals surface area contributed by atoms with E-state index in [0.29, 0.717) is 28.7 Å². The molecule has 0 spiro atoms. The van der Waals surface area contributed by atoms with Gasteiger partial charge in [0.2, 0.25) is 0 Å². The molecular weight excluding hydrogens is 398 g/mol. The smallest absolute Gasteiger partial charge is 0.338 e. The zero-order valence-electron chi connectivity index (χ0n) is 16.4. The third-order valence-corrected chi connectivity index (χ3v) is 6.19. The maximum absolute atomic E-state index is 12.5. The molecule has 4 aromatic rings. The molecule has 30 heavy (non-hydrogen) atoms. The average Bonchev–Trinajstić information content (AvgIpc) is 3.42. The molecule has 5 rings (SSSR count). The van der Waals surface area contributed by atoms with Crippen molar-refractivity contribution in [2.75, 3.05) is 0 Å². The molecule has 7 heteroatoms. The molecule has 0 saturated carbocycles. The lowest BCUT2D eigenvalue weighted by atomic mass is 10.1. The quantitative estimate of drug-likeness (QED) is 0.467. The summed E-state index contributed by atoms with van der Waals surface area (Å²) < 4.78 is 7.16. The molecule has 0 amide bonds. The SMILES string of the molecule is Cc1ccc(-c2nc(COC(=O)c3ccc4c(=O)n5c(nc4c3)CCC5)cs2)cc1. The Bertz CT molecular complexity index is 1320. The highest BCUT2D eigenvalue weighted by Gasteiger charge is 2.17. The van der Waals surface area contributed by atoms with Gasteiger partial charge in [0, 0.05) is 23.9 Å². The molecule has 150 valence electrons. The number of ether oxygens (including phenoxy) is 1. The van der Waals surface area contributed by atoms with E-state index in [1.165, 1.54) is 16.9 Å². The molecular formula is C23H19N3O3S. The Labute approximate surface area is 176 Å². The van der Waals surface area contributed by atoms with Crippen LogP contribution in [0.25, 0.3) is 21.5 Å². The highest BCUT2D eigenvalue weighted by Crippen LogP contribution is 2.24. The number of nitrogens with zero attached hydrogens (tertiary/aromatic N) is 3. The highest BCUT2D eigenvalue weighted by atomic mass is 32.1.